The molecule has 0 spiro atoms. The van der Waals surface area contributed by atoms with Crippen LogP contribution < -0.4 is 0 Å². The summed E-state index contributed by atoms with van der Waals surface area (Å²) in [6.45, 7) is 0.588. The van der Waals surface area contributed by atoms with Crippen molar-refractivity contribution in [1.82, 2.24) is 15.2 Å². The Labute approximate surface area is 147 Å². The number of hydrogen-bond acceptors (Lipinski definition) is 7. The molecule has 0 unspecified atom stereocenters. The highest BCUT2D eigenvalue weighted by Gasteiger charge is 2.22. The highest BCUT2D eigenvalue weighted by Crippen LogP contribution is 2.24. The second kappa shape index (κ2) is 6.94. The van der Waals surface area contributed by atoms with E-state index in [1.807, 2.05) is 30.3 Å². The van der Waals surface area contributed by atoms with Crippen LogP contribution in [0, 0.1) is 0 Å². The fourth-order valence-corrected chi connectivity index (χ4v) is 3.07. The van der Waals surface area contributed by atoms with Crippen molar-refractivity contribution in [2.45, 2.75) is 11.6 Å². The van der Waals surface area contributed by atoms with E-state index in [-0.39, 0.29) is 11.7 Å². The molecule has 0 saturated carbocycles. The normalized spacial score (nSPS) is 13.9. The van der Waals surface area contributed by atoms with E-state index in [1.165, 1.54) is 23.0 Å². The molecule has 4 rings (SSSR count). The van der Waals surface area contributed by atoms with E-state index in [2.05, 4.69) is 15.3 Å². The molecular formula is C17H14N4O3S. The number of nitrogens with zero attached hydrogens (tertiary/aromatic N) is 4. The van der Waals surface area contributed by atoms with Crippen LogP contribution in [0.3, 0.4) is 0 Å². The van der Waals surface area contributed by atoms with E-state index >= 15 is 0 Å². The largest absolute Gasteiger partial charge is 0.459 e. The maximum atomic E-state index is 12.3. The Hall–Kier alpha value is -2.87. The van der Waals surface area contributed by atoms with Crippen molar-refractivity contribution < 1.29 is 13.6 Å². The van der Waals surface area contributed by atoms with Crippen LogP contribution >= 0.6 is 11.8 Å². The minimum absolute atomic E-state index is 0.0892. The number of carbonyl (C=O) groups is 1. The number of hydrazone groups is 1. The van der Waals surface area contributed by atoms with Crippen LogP contribution in [-0.4, -0.2) is 39.1 Å². The number of aromatic nitrogens is 2. The standard InChI is InChI=1S/C17H14N4O3S/c22-15(21-9-8-13(20-21)12-5-2-1-3-6-12)11-25-17-19-18-16(24-17)14-7-4-10-23-14/h1-7,10H,8-9,11H2. The first kappa shape index (κ1) is 15.6. The van der Waals surface area contributed by atoms with Gasteiger partial charge in [0.25, 0.3) is 17.0 Å². The number of hydrogen-bond donors (Lipinski definition) is 0. The molecule has 3 heterocycles. The number of carbonyl (C=O) groups excluding carboxylic acids is 1. The molecule has 0 aliphatic carbocycles. The molecule has 8 heteroatoms. The van der Waals surface area contributed by atoms with Crippen LogP contribution in [0.25, 0.3) is 11.7 Å². The van der Waals surface area contributed by atoms with Crippen LogP contribution in [0.2, 0.25) is 0 Å². The van der Waals surface area contributed by atoms with Gasteiger partial charge < -0.3 is 8.83 Å². The number of furan rings is 1. The smallest absolute Gasteiger partial charge is 0.284 e. The van der Waals surface area contributed by atoms with Gasteiger partial charge in [0, 0.05) is 6.42 Å². The molecule has 7 nitrogen and oxygen atoms in total. The van der Waals surface area contributed by atoms with E-state index in [0.717, 1.165) is 17.7 Å². The zero-order valence-corrected chi connectivity index (χ0v) is 14.0. The average molecular weight is 354 g/mol. The van der Waals surface area contributed by atoms with E-state index in [4.69, 9.17) is 8.83 Å². The van der Waals surface area contributed by atoms with Crippen molar-refractivity contribution >= 4 is 23.4 Å². The first-order valence-electron chi connectivity index (χ1n) is 7.73. The molecule has 1 aliphatic rings. The molecule has 3 aromatic rings. The molecule has 0 fully saturated rings. The van der Waals surface area contributed by atoms with E-state index < -0.39 is 0 Å². The number of thioether (sulfide) groups is 1. The molecule has 0 bridgehead atoms. The fraction of sp³-hybridized carbons (Fsp3) is 0.176. The van der Waals surface area contributed by atoms with Gasteiger partial charge in [-0.2, -0.15) is 5.10 Å². The van der Waals surface area contributed by atoms with Crippen LogP contribution in [0.4, 0.5) is 0 Å². The van der Waals surface area contributed by atoms with E-state index in [9.17, 15) is 4.79 Å². The summed E-state index contributed by atoms with van der Waals surface area (Å²) in [5, 5.41) is 14.1. The molecule has 0 saturated heterocycles. The molecule has 1 amide bonds. The molecule has 0 atom stereocenters. The summed E-state index contributed by atoms with van der Waals surface area (Å²) in [6.07, 6.45) is 2.29. The SMILES string of the molecule is O=C(CSc1nnc(-c2ccco2)o1)N1CCC(c2ccccc2)=N1. The van der Waals surface area contributed by atoms with Crippen LogP contribution in [0.1, 0.15) is 12.0 Å². The summed E-state index contributed by atoms with van der Waals surface area (Å²) in [6, 6.07) is 13.4. The van der Waals surface area contributed by atoms with Crippen LogP contribution in [0.15, 0.2) is 67.9 Å². The van der Waals surface area contributed by atoms with Gasteiger partial charge in [-0.05, 0) is 17.7 Å². The second-order valence-electron chi connectivity index (χ2n) is 5.32. The summed E-state index contributed by atoms with van der Waals surface area (Å²) in [5.41, 5.74) is 1.97. The lowest BCUT2D eigenvalue weighted by molar-refractivity contribution is -0.127. The molecule has 0 N–H and O–H groups in total. The van der Waals surface area contributed by atoms with Gasteiger partial charge in [0.1, 0.15) is 0 Å². The Morgan fingerprint density at radius 3 is 2.84 bits per heavy atom. The molecule has 1 aliphatic heterocycles. The zero-order chi connectivity index (χ0) is 17.1. The maximum Gasteiger partial charge on any atom is 0.284 e. The number of rotatable bonds is 5. The van der Waals surface area contributed by atoms with Crippen molar-refractivity contribution in [3.63, 3.8) is 0 Å². The zero-order valence-electron chi connectivity index (χ0n) is 13.2. The third-order valence-electron chi connectivity index (χ3n) is 3.65. The Bertz CT molecular complexity index is 890. The van der Waals surface area contributed by atoms with Gasteiger partial charge in [0.15, 0.2) is 5.76 Å². The Balaban J connectivity index is 1.36. The van der Waals surface area contributed by atoms with Crippen LogP contribution in [-0.2, 0) is 4.79 Å². The number of amides is 1. The van der Waals surface area contributed by atoms with Crippen molar-refractivity contribution in [3.8, 4) is 11.7 Å². The predicted octanol–water partition coefficient (Wildman–Crippen LogP) is 3.06. The van der Waals surface area contributed by atoms with Gasteiger partial charge in [-0.1, -0.05) is 42.1 Å². The van der Waals surface area contributed by atoms with Gasteiger partial charge in [-0.3, -0.25) is 4.79 Å². The molecule has 25 heavy (non-hydrogen) atoms. The average Bonchev–Trinajstić information content (AvgIpc) is 3.41. The van der Waals surface area contributed by atoms with Gasteiger partial charge in [0.05, 0.1) is 24.3 Å². The number of benzene rings is 1. The van der Waals surface area contributed by atoms with Crippen molar-refractivity contribution in [2.75, 3.05) is 12.3 Å². The Morgan fingerprint density at radius 2 is 2.04 bits per heavy atom. The highest BCUT2D eigenvalue weighted by atomic mass is 32.2. The van der Waals surface area contributed by atoms with E-state index in [1.54, 1.807) is 12.1 Å². The van der Waals surface area contributed by atoms with Crippen molar-refractivity contribution in [2.24, 2.45) is 5.10 Å². The summed E-state index contributed by atoms with van der Waals surface area (Å²) in [4.78, 5) is 12.3. The third kappa shape index (κ3) is 3.48. The summed E-state index contributed by atoms with van der Waals surface area (Å²) in [5.74, 6) is 0.896. The lowest BCUT2D eigenvalue weighted by Crippen LogP contribution is -2.25. The van der Waals surface area contributed by atoms with Crippen molar-refractivity contribution in [3.05, 3.63) is 54.3 Å². The highest BCUT2D eigenvalue weighted by molar-refractivity contribution is 7.99. The molecule has 126 valence electrons. The van der Waals surface area contributed by atoms with Gasteiger partial charge in [-0.15, -0.1) is 10.2 Å². The van der Waals surface area contributed by atoms with Crippen LogP contribution in [0.5, 0.6) is 0 Å². The summed E-state index contributed by atoms with van der Waals surface area (Å²) < 4.78 is 10.7. The van der Waals surface area contributed by atoms with Gasteiger partial charge in [0.2, 0.25) is 0 Å². The minimum Gasteiger partial charge on any atom is -0.459 e. The maximum absolute atomic E-state index is 12.3. The molecule has 0 radical (unpaired) electrons. The monoisotopic (exact) mass is 354 g/mol. The van der Waals surface area contributed by atoms with E-state index in [0.29, 0.717) is 23.4 Å². The summed E-state index contributed by atoms with van der Waals surface area (Å²) in [7, 11) is 0. The van der Waals surface area contributed by atoms with Gasteiger partial charge in [-0.25, -0.2) is 5.01 Å². The fourth-order valence-electron chi connectivity index (χ4n) is 2.44. The minimum atomic E-state index is -0.0892. The summed E-state index contributed by atoms with van der Waals surface area (Å²) >= 11 is 1.19. The molecule has 1 aromatic carbocycles. The second-order valence-corrected chi connectivity index (χ2v) is 6.25. The lowest BCUT2D eigenvalue weighted by atomic mass is 10.1. The van der Waals surface area contributed by atoms with Crippen molar-refractivity contribution in [1.29, 1.82) is 0 Å². The lowest BCUT2D eigenvalue weighted by Gasteiger charge is -2.09. The quantitative estimate of drug-likeness (QED) is 0.655. The van der Waals surface area contributed by atoms with Gasteiger partial charge >= 0.3 is 0 Å². The first-order chi connectivity index (χ1) is 12.3. The third-order valence-corrected chi connectivity index (χ3v) is 4.46. The Kier molecular flexibility index (Phi) is 4.34. The topological polar surface area (TPSA) is 84.7 Å². The Morgan fingerprint density at radius 1 is 1.16 bits per heavy atom. The predicted molar refractivity (Wildman–Crippen MR) is 92.0 cm³/mol. The molecule has 2 aromatic heterocycles. The molecular weight excluding hydrogens is 340 g/mol. The first-order valence-corrected chi connectivity index (χ1v) is 8.71.